The van der Waals surface area contributed by atoms with Gasteiger partial charge in [-0.05, 0) is 30.2 Å². The van der Waals surface area contributed by atoms with Crippen LogP contribution in [0.25, 0.3) is 0 Å². The van der Waals surface area contributed by atoms with Crippen molar-refractivity contribution in [3.8, 4) is 5.75 Å². The Kier molecular flexibility index (Phi) is 5.54. The summed E-state index contributed by atoms with van der Waals surface area (Å²) >= 11 is 0. The number of nitrogens with zero attached hydrogens (tertiary/aromatic N) is 1. The molecule has 1 N–H and O–H groups in total. The molecule has 0 aliphatic carbocycles. The van der Waals surface area contributed by atoms with Gasteiger partial charge < -0.3 is 14.8 Å². The van der Waals surface area contributed by atoms with E-state index in [9.17, 15) is 13.6 Å². The van der Waals surface area contributed by atoms with Crippen molar-refractivity contribution < 1.29 is 23.0 Å². The summed E-state index contributed by atoms with van der Waals surface area (Å²) in [5.74, 6) is -0.310. The first-order valence-corrected chi connectivity index (χ1v) is 9.35. The Morgan fingerprint density at radius 2 is 1.96 bits per heavy atom. The number of nitrogens with one attached hydrogen (secondary N) is 1. The number of amides is 1. The molecule has 2 fully saturated rings. The second-order valence-electron chi connectivity index (χ2n) is 7.15. The summed E-state index contributed by atoms with van der Waals surface area (Å²) in [5.41, 5.74) is 1.46. The second-order valence-corrected chi connectivity index (χ2v) is 7.15. The van der Waals surface area contributed by atoms with Gasteiger partial charge in [-0.1, -0.05) is 36.4 Å². The molecule has 1 amide bonds. The molecule has 0 spiro atoms. The van der Waals surface area contributed by atoms with Crippen molar-refractivity contribution in [3.63, 3.8) is 0 Å². The SMILES string of the molecule is O=C(N[C@@H]1C[C@H]2CO[C@@H](c3ccccc3)CN2C1)c1cccc(OC(F)F)c1. The fourth-order valence-electron chi connectivity index (χ4n) is 3.93. The molecule has 5 nitrogen and oxygen atoms in total. The smallest absolute Gasteiger partial charge is 0.387 e. The summed E-state index contributed by atoms with van der Waals surface area (Å²) < 4.78 is 35.1. The molecule has 2 aromatic carbocycles. The van der Waals surface area contributed by atoms with Crippen LogP contribution in [0.4, 0.5) is 8.78 Å². The van der Waals surface area contributed by atoms with E-state index in [1.807, 2.05) is 18.2 Å². The molecule has 0 saturated carbocycles. The molecule has 28 heavy (non-hydrogen) atoms. The highest BCUT2D eigenvalue weighted by Gasteiger charge is 2.38. The minimum Gasteiger partial charge on any atom is -0.435 e. The molecule has 2 aliphatic heterocycles. The predicted octanol–water partition coefficient (Wildman–Crippen LogP) is 3.23. The van der Waals surface area contributed by atoms with Crippen LogP contribution in [0.2, 0.25) is 0 Å². The molecule has 0 unspecified atom stereocenters. The number of carbonyl (C=O) groups excluding carboxylic acids is 1. The molecule has 2 heterocycles. The van der Waals surface area contributed by atoms with Gasteiger partial charge in [0.05, 0.1) is 12.7 Å². The lowest BCUT2D eigenvalue weighted by atomic mass is 10.1. The summed E-state index contributed by atoms with van der Waals surface area (Å²) in [5, 5.41) is 3.01. The van der Waals surface area contributed by atoms with Crippen molar-refractivity contribution >= 4 is 5.91 Å². The van der Waals surface area contributed by atoms with Crippen LogP contribution in [0, 0.1) is 0 Å². The van der Waals surface area contributed by atoms with Crippen LogP contribution in [0.3, 0.4) is 0 Å². The van der Waals surface area contributed by atoms with Gasteiger partial charge >= 0.3 is 6.61 Å². The molecule has 3 atom stereocenters. The lowest BCUT2D eigenvalue weighted by Gasteiger charge is -2.35. The maximum atomic E-state index is 12.5. The highest BCUT2D eigenvalue weighted by Crippen LogP contribution is 2.30. The van der Waals surface area contributed by atoms with E-state index >= 15 is 0 Å². The van der Waals surface area contributed by atoms with E-state index in [0.717, 1.165) is 25.1 Å². The Balaban J connectivity index is 1.35. The number of hydrogen-bond donors (Lipinski definition) is 1. The summed E-state index contributed by atoms with van der Waals surface area (Å²) in [4.78, 5) is 14.9. The van der Waals surface area contributed by atoms with Gasteiger partial charge in [-0.2, -0.15) is 8.78 Å². The molecular weight excluding hydrogens is 366 g/mol. The van der Waals surface area contributed by atoms with Crippen LogP contribution >= 0.6 is 0 Å². The fraction of sp³-hybridized carbons (Fsp3) is 0.381. The first-order chi connectivity index (χ1) is 13.6. The zero-order chi connectivity index (χ0) is 19.5. The van der Waals surface area contributed by atoms with E-state index in [1.165, 1.54) is 18.2 Å². The lowest BCUT2D eigenvalue weighted by molar-refractivity contribution is -0.0502. The molecule has 7 heteroatoms. The standard InChI is InChI=1S/C21H22F2N2O3/c22-21(23)28-18-8-4-7-15(9-18)20(26)24-16-10-17-13-27-19(12-25(17)11-16)14-5-2-1-3-6-14/h1-9,16-17,19,21H,10-13H2,(H,24,26)/t16-,17+,19-/m1/s1. The largest absolute Gasteiger partial charge is 0.435 e. The summed E-state index contributed by atoms with van der Waals surface area (Å²) in [6.07, 6.45) is 0.843. The van der Waals surface area contributed by atoms with Crippen LogP contribution in [0.15, 0.2) is 54.6 Å². The zero-order valence-electron chi connectivity index (χ0n) is 15.3. The van der Waals surface area contributed by atoms with Crippen LogP contribution in [-0.4, -0.2) is 49.2 Å². The summed E-state index contributed by atoms with van der Waals surface area (Å²) in [6, 6.07) is 16.2. The summed E-state index contributed by atoms with van der Waals surface area (Å²) in [6.45, 7) is -0.750. The van der Waals surface area contributed by atoms with Crippen molar-refractivity contribution in [2.75, 3.05) is 19.7 Å². The number of hydrogen-bond acceptors (Lipinski definition) is 4. The average molecular weight is 388 g/mol. The second kappa shape index (κ2) is 8.24. The van der Waals surface area contributed by atoms with Gasteiger partial charge in [-0.3, -0.25) is 9.69 Å². The van der Waals surface area contributed by atoms with Gasteiger partial charge in [-0.15, -0.1) is 0 Å². The number of rotatable bonds is 5. The third-order valence-corrected chi connectivity index (χ3v) is 5.25. The van der Waals surface area contributed by atoms with Gasteiger partial charge in [0, 0.05) is 30.7 Å². The van der Waals surface area contributed by atoms with E-state index in [-0.39, 0.29) is 29.8 Å². The number of halogens is 2. The van der Waals surface area contributed by atoms with Crippen molar-refractivity contribution in [3.05, 3.63) is 65.7 Å². The third-order valence-electron chi connectivity index (χ3n) is 5.25. The molecule has 148 valence electrons. The van der Waals surface area contributed by atoms with E-state index in [4.69, 9.17) is 4.74 Å². The number of ether oxygens (including phenoxy) is 2. The molecule has 0 radical (unpaired) electrons. The van der Waals surface area contributed by atoms with Gasteiger partial charge in [0.2, 0.25) is 0 Å². The van der Waals surface area contributed by atoms with E-state index < -0.39 is 6.61 Å². The number of benzene rings is 2. The van der Waals surface area contributed by atoms with Crippen molar-refractivity contribution in [2.45, 2.75) is 31.2 Å². The molecule has 2 saturated heterocycles. The first-order valence-electron chi connectivity index (χ1n) is 9.35. The quantitative estimate of drug-likeness (QED) is 0.855. The van der Waals surface area contributed by atoms with Crippen molar-refractivity contribution in [2.24, 2.45) is 0 Å². The summed E-state index contributed by atoms with van der Waals surface area (Å²) in [7, 11) is 0. The Bertz CT molecular complexity index is 818. The van der Waals surface area contributed by atoms with Crippen LogP contribution in [0.5, 0.6) is 5.75 Å². The van der Waals surface area contributed by atoms with Crippen molar-refractivity contribution in [1.82, 2.24) is 10.2 Å². The number of alkyl halides is 2. The van der Waals surface area contributed by atoms with Gasteiger partial charge in [0.25, 0.3) is 5.91 Å². The lowest BCUT2D eigenvalue weighted by Crippen LogP contribution is -2.43. The minimum atomic E-state index is -2.92. The number of fused-ring (bicyclic) bond motifs is 1. The van der Waals surface area contributed by atoms with Crippen LogP contribution in [0.1, 0.15) is 28.4 Å². The Morgan fingerprint density at radius 1 is 1.14 bits per heavy atom. The monoisotopic (exact) mass is 388 g/mol. The topological polar surface area (TPSA) is 50.8 Å². The molecule has 4 rings (SSSR count). The number of carbonyl (C=O) groups is 1. The Hall–Kier alpha value is -2.51. The van der Waals surface area contributed by atoms with Gasteiger partial charge in [0.15, 0.2) is 0 Å². The highest BCUT2D eigenvalue weighted by atomic mass is 19.3. The normalized spacial score (nSPS) is 24.8. The molecule has 2 aliphatic rings. The average Bonchev–Trinajstić information content (AvgIpc) is 3.09. The molecular formula is C21H22F2N2O3. The van der Waals surface area contributed by atoms with E-state index in [2.05, 4.69) is 27.1 Å². The van der Waals surface area contributed by atoms with E-state index in [0.29, 0.717) is 12.2 Å². The van der Waals surface area contributed by atoms with E-state index in [1.54, 1.807) is 6.07 Å². The zero-order valence-corrected chi connectivity index (χ0v) is 15.3. The molecule has 0 bridgehead atoms. The maximum Gasteiger partial charge on any atom is 0.387 e. The van der Waals surface area contributed by atoms with Crippen LogP contribution in [-0.2, 0) is 4.74 Å². The first kappa shape index (κ1) is 18.8. The molecule has 2 aromatic rings. The molecule has 0 aromatic heterocycles. The maximum absolute atomic E-state index is 12.5. The Morgan fingerprint density at radius 3 is 2.75 bits per heavy atom. The van der Waals surface area contributed by atoms with Crippen molar-refractivity contribution in [1.29, 1.82) is 0 Å². The fourth-order valence-corrected chi connectivity index (χ4v) is 3.93. The predicted molar refractivity (Wildman–Crippen MR) is 99.4 cm³/mol. The number of morpholine rings is 1. The minimum absolute atomic E-state index is 0.00436. The highest BCUT2D eigenvalue weighted by molar-refractivity contribution is 5.94. The third kappa shape index (κ3) is 4.31. The Labute approximate surface area is 162 Å². The van der Waals surface area contributed by atoms with Crippen LogP contribution < -0.4 is 10.1 Å². The van der Waals surface area contributed by atoms with Gasteiger partial charge in [-0.25, -0.2) is 0 Å². The van der Waals surface area contributed by atoms with Gasteiger partial charge in [0.1, 0.15) is 5.75 Å².